The van der Waals surface area contributed by atoms with Crippen LogP contribution in [0, 0.1) is 17.8 Å². The first-order valence-corrected chi connectivity index (χ1v) is 9.58. The highest BCUT2D eigenvalue weighted by molar-refractivity contribution is 5.98. The van der Waals surface area contributed by atoms with Crippen LogP contribution < -0.4 is 0 Å². The normalized spacial score (nSPS) is 47.7. The van der Waals surface area contributed by atoms with Crippen LogP contribution in [0.25, 0.3) is 0 Å². The predicted molar refractivity (Wildman–Crippen MR) is 93.5 cm³/mol. The van der Waals surface area contributed by atoms with Crippen molar-refractivity contribution in [1.29, 1.82) is 0 Å². The Labute approximate surface area is 159 Å². The average Bonchev–Trinajstić information content (AvgIpc) is 3.02. The lowest BCUT2D eigenvalue weighted by Crippen LogP contribution is -2.56. The van der Waals surface area contributed by atoms with Crippen LogP contribution in [0.1, 0.15) is 41.5 Å². The van der Waals surface area contributed by atoms with E-state index in [1.54, 1.807) is 0 Å². The molecule has 3 heterocycles. The second kappa shape index (κ2) is 6.11. The molecule has 0 aromatic heterocycles. The van der Waals surface area contributed by atoms with Crippen molar-refractivity contribution >= 4 is 11.8 Å². The van der Waals surface area contributed by atoms with Crippen LogP contribution in [-0.4, -0.2) is 54.3 Å². The van der Waals surface area contributed by atoms with Gasteiger partial charge in [-0.2, -0.15) is 0 Å². The Bertz CT molecular complexity index is 698. The molecule has 0 amide bonds. The summed E-state index contributed by atoms with van der Waals surface area (Å²) < 4.78 is 30.1. The fourth-order valence-corrected chi connectivity index (χ4v) is 5.41. The van der Waals surface area contributed by atoms with Crippen molar-refractivity contribution in [3.8, 4) is 0 Å². The molecule has 0 bridgehead atoms. The van der Waals surface area contributed by atoms with Gasteiger partial charge in [0.25, 0.3) is 0 Å². The van der Waals surface area contributed by atoms with Crippen molar-refractivity contribution in [3.05, 3.63) is 11.6 Å². The van der Waals surface area contributed by atoms with Crippen LogP contribution in [-0.2, 0) is 33.3 Å². The average molecular weight is 380 g/mol. The van der Waals surface area contributed by atoms with Crippen molar-refractivity contribution in [2.24, 2.45) is 17.8 Å². The van der Waals surface area contributed by atoms with Gasteiger partial charge in [0, 0.05) is 24.7 Å². The van der Waals surface area contributed by atoms with Crippen LogP contribution in [0.3, 0.4) is 0 Å². The Kier molecular flexibility index (Phi) is 4.31. The van der Waals surface area contributed by atoms with Crippen molar-refractivity contribution in [2.45, 2.75) is 77.5 Å². The molecule has 7 heteroatoms. The molecule has 0 spiro atoms. The Morgan fingerprint density at radius 3 is 2.52 bits per heavy atom. The lowest BCUT2D eigenvalue weighted by molar-refractivity contribution is -0.251. The first-order chi connectivity index (χ1) is 12.5. The zero-order valence-corrected chi connectivity index (χ0v) is 16.7. The van der Waals surface area contributed by atoms with Gasteiger partial charge >= 0.3 is 5.97 Å². The Hall–Kier alpha value is -1.28. The second-order valence-corrected chi connectivity index (χ2v) is 8.80. The van der Waals surface area contributed by atoms with Crippen molar-refractivity contribution < 1.29 is 33.3 Å². The van der Waals surface area contributed by atoms with Gasteiger partial charge < -0.3 is 23.7 Å². The summed E-state index contributed by atoms with van der Waals surface area (Å²) in [4.78, 5) is 23.9. The van der Waals surface area contributed by atoms with Crippen LogP contribution in [0.5, 0.6) is 0 Å². The maximum absolute atomic E-state index is 12.7. The van der Waals surface area contributed by atoms with Gasteiger partial charge in [-0.25, -0.2) is 0 Å². The summed E-state index contributed by atoms with van der Waals surface area (Å²) in [5, 5.41) is 0. The third-order valence-corrected chi connectivity index (χ3v) is 6.27. The van der Waals surface area contributed by atoms with Gasteiger partial charge in [-0.15, -0.1) is 0 Å². The molecule has 4 rings (SSSR count). The number of fused-ring (bicyclic) bond motifs is 5. The van der Waals surface area contributed by atoms with Gasteiger partial charge in [0.2, 0.25) is 0 Å². The summed E-state index contributed by atoms with van der Waals surface area (Å²) in [7, 11) is 0. The zero-order chi connectivity index (χ0) is 19.7. The molecule has 0 aromatic rings. The fourth-order valence-electron chi connectivity index (χ4n) is 5.41. The van der Waals surface area contributed by atoms with Crippen molar-refractivity contribution in [1.82, 2.24) is 0 Å². The van der Waals surface area contributed by atoms with Gasteiger partial charge in [-0.3, -0.25) is 9.59 Å². The van der Waals surface area contributed by atoms with E-state index in [0.29, 0.717) is 0 Å². The highest BCUT2D eigenvalue weighted by Crippen LogP contribution is 2.56. The van der Waals surface area contributed by atoms with Crippen LogP contribution in [0.4, 0.5) is 0 Å². The van der Waals surface area contributed by atoms with E-state index in [9.17, 15) is 9.59 Å². The van der Waals surface area contributed by atoms with Crippen molar-refractivity contribution in [2.75, 3.05) is 6.61 Å². The molecule has 3 saturated heterocycles. The largest absolute Gasteiger partial charge is 0.463 e. The first-order valence-electron chi connectivity index (χ1n) is 9.58. The number of carbonyl (C=O) groups excluding carboxylic acids is 2. The number of allylic oxidation sites excluding steroid dienone is 1. The van der Waals surface area contributed by atoms with E-state index < -0.39 is 23.8 Å². The first kappa shape index (κ1) is 19.1. The summed E-state index contributed by atoms with van der Waals surface area (Å²) in [5.74, 6) is -1.43. The monoisotopic (exact) mass is 380 g/mol. The van der Waals surface area contributed by atoms with Crippen LogP contribution in [0.2, 0.25) is 0 Å². The standard InChI is InChI=1S/C20H28O7/c1-9-7-20(6)14(10(2)15(9)22)13-17-16(25-19(4,5)26-17)12(8-23-11(3)21)24-18(13)27-20/h7,10,12-14,16-18H,8H2,1-6H3/t10-,12-,13+,14-,16-,17+,18+,20-/m1/s1. The molecule has 0 aromatic carbocycles. The summed E-state index contributed by atoms with van der Waals surface area (Å²) in [5.41, 5.74) is 0.112. The summed E-state index contributed by atoms with van der Waals surface area (Å²) in [6.07, 6.45) is 0.200. The van der Waals surface area contributed by atoms with E-state index in [1.165, 1.54) is 6.92 Å². The third kappa shape index (κ3) is 2.95. The summed E-state index contributed by atoms with van der Waals surface area (Å²) in [6, 6.07) is 0. The number of ketones is 1. The Morgan fingerprint density at radius 2 is 1.85 bits per heavy atom. The number of hydrogen-bond acceptors (Lipinski definition) is 7. The fraction of sp³-hybridized carbons (Fsp3) is 0.800. The quantitative estimate of drug-likeness (QED) is 0.678. The number of ether oxygens (including phenoxy) is 5. The van der Waals surface area contributed by atoms with E-state index in [4.69, 9.17) is 23.7 Å². The molecule has 1 aliphatic carbocycles. The van der Waals surface area contributed by atoms with Crippen LogP contribution >= 0.6 is 0 Å². The number of Topliss-reactive ketones (excluding diaryl/α,β-unsaturated/α-hetero) is 1. The number of rotatable bonds is 2. The third-order valence-electron chi connectivity index (χ3n) is 6.27. The highest BCUT2D eigenvalue weighted by atomic mass is 16.8. The minimum absolute atomic E-state index is 0.0709. The van der Waals surface area contributed by atoms with Gasteiger partial charge in [-0.1, -0.05) is 6.92 Å². The van der Waals surface area contributed by atoms with Crippen LogP contribution in [0.15, 0.2) is 11.6 Å². The molecule has 7 nitrogen and oxygen atoms in total. The molecule has 0 N–H and O–H groups in total. The smallest absolute Gasteiger partial charge is 0.302 e. The zero-order valence-electron chi connectivity index (χ0n) is 16.7. The number of esters is 1. The Balaban J connectivity index is 1.69. The van der Waals surface area contributed by atoms with E-state index in [-0.39, 0.29) is 48.3 Å². The van der Waals surface area contributed by atoms with Gasteiger partial charge in [0.1, 0.15) is 18.8 Å². The number of carbonyl (C=O) groups is 2. The van der Waals surface area contributed by atoms with Crippen molar-refractivity contribution in [3.63, 3.8) is 0 Å². The van der Waals surface area contributed by atoms with E-state index in [1.807, 2.05) is 40.7 Å². The van der Waals surface area contributed by atoms with E-state index in [2.05, 4.69) is 0 Å². The summed E-state index contributed by atoms with van der Waals surface area (Å²) in [6.45, 7) is 10.9. The molecule has 4 aliphatic rings. The molecule has 0 saturated carbocycles. The molecule has 0 unspecified atom stereocenters. The molecule has 0 radical (unpaired) electrons. The summed E-state index contributed by atoms with van der Waals surface area (Å²) >= 11 is 0. The minimum Gasteiger partial charge on any atom is -0.463 e. The van der Waals surface area contributed by atoms with Gasteiger partial charge in [0.05, 0.1) is 11.7 Å². The topological polar surface area (TPSA) is 80.3 Å². The molecular weight excluding hydrogens is 352 g/mol. The molecule has 8 atom stereocenters. The lowest BCUT2D eigenvalue weighted by Gasteiger charge is -2.42. The van der Waals surface area contributed by atoms with E-state index >= 15 is 0 Å². The SMILES string of the molecule is CC(=O)OC[C@H]1O[C@H]2O[C@]3(C)C=C(C)C(=O)[C@H](C)[C@@H]3[C@H]2[C@@H]2OC(C)(C)O[C@@H]21. The lowest BCUT2D eigenvalue weighted by atomic mass is 9.65. The minimum atomic E-state index is -0.783. The molecule has 3 aliphatic heterocycles. The highest BCUT2D eigenvalue weighted by Gasteiger charge is 2.66. The molecular formula is C20H28O7. The van der Waals surface area contributed by atoms with Gasteiger partial charge in [0.15, 0.2) is 17.9 Å². The maximum Gasteiger partial charge on any atom is 0.302 e. The predicted octanol–water partition coefficient (Wildman–Crippen LogP) is 1.98. The number of hydrogen-bond donors (Lipinski definition) is 0. The molecule has 3 fully saturated rings. The van der Waals surface area contributed by atoms with Gasteiger partial charge in [-0.05, 0) is 39.3 Å². The second-order valence-electron chi connectivity index (χ2n) is 8.80. The maximum atomic E-state index is 12.7. The Morgan fingerprint density at radius 1 is 1.19 bits per heavy atom. The van der Waals surface area contributed by atoms with E-state index in [0.717, 1.165) is 5.57 Å². The molecule has 27 heavy (non-hydrogen) atoms. The molecule has 150 valence electrons.